The van der Waals surface area contributed by atoms with Crippen molar-refractivity contribution in [2.24, 2.45) is 5.41 Å². The van der Waals surface area contributed by atoms with Crippen LogP contribution in [0.4, 0.5) is 18.9 Å². The van der Waals surface area contributed by atoms with Crippen LogP contribution in [0, 0.1) is 5.41 Å². The minimum absolute atomic E-state index is 0.0201. The number of anilines is 1. The molecule has 1 spiro atoms. The van der Waals surface area contributed by atoms with Crippen LogP contribution >= 0.6 is 0 Å². The Morgan fingerprint density at radius 2 is 1.67 bits per heavy atom. The molecule has 1 saturated heterocycles. The van der Waals surface area contributed by atoms with Crippen molar-refractivity contribution in [2.45, 2.75) is 76.9 Å². The average molecular weight is 429 g/mol. The molecule has 0 bridgehead atoms. The number of carbonyl (C=O) groups is 1. The van der Waals surface area contributed by atoms with Crippen molar-refractivity contribution in [1.29, 1.82) is 0 Å². The predicted octanol–water partition coefficient (Wildman–Crippen LogP) is 4.47. The maximum absolute atomic E-state index is 13.2. The molecule has 30 heavy (non-hydrogen) atoms. The Hall–Kier alpha value is -1.80. The van der Waals surface area contributed by atoms with Gasteiger partial charge in [-0.25, -0.2) is 0 Å². The highest BCUT2D eigenvalue weighted by molar-refractivity contribution is 6.00. The van der Waals surface area contributed by atoms with Gasteiger partial charge in [-0.1, -0.05) is 0 Å². The van der Waals surface area contributed by atoms with Crippen LogP contribution in [0.5, 0.6) is 5.75 Å². The molecule has 1 heterocycles. The number of rotatable bonds is 6. The Kier molecular flexibility index (Phi) is 6.39. The molecule has 5 nitrogen and oxygen atoms in total. The number of carbonyl (C=O) groups excluding carboxylic acids is 1. The van der Waals surface area contributed by atoms with Gasteiger partial charge in [0.15, 0.2) is 6.10 Å². The van der Waals surface area contributed by atoms with Crippen molar-refractivity contribution in [3.8, 4) is 5.75 Å². The maximum atomic E-state index is 13.2. The number of halogens is 3. The van der Waals surface area contributed by atoms with Crippen LogP contribution in [0.25, 0.3) is 0 Å². The first-order chi connectivity index (χ1) is 13.9. The molecule has 1 amide bonds. The van der Waals surface area contributed by atoms with Crippen molar-refractivity contribution >= 4 is 11.6 Å². The molecule has 0 unspecified atom stereocenters. The van der Waals surface area contributed by atoms with Crippen LogP contribution < -0.4 is 9.64 Å². The summed E-state index contributed by atoms with van der Waals surface area (Å²) in [5, 5.41) is 10.7. The van der Waals surface area contributed by atoms with Gasteiger partial charge >= 0.3 is 6.18 Å². The molecule has 2 aliphatic rings. The van der Waals surface area contributed by atoms with Crippen LogP contribution in [-0.4, -0.2) is 48.2 Å². The topological polar surface area (TPSA) is 59.0 Å². The van der Waals surface area contributed by atoms with Crippen molar-refractivity contribution in [1.82, 2.24) is 0 Å². The van der Waals surface area contributed by atoms with E-state index in [1.54, 1.807) is 17.0 Å². The van der Waals surface area contributed by atoms with Crippen LogP contribution in [-0.2, 0) is 9.53 Å². The predicted molar refractivity (Wildman–Crippen MR) is 106 cm³/mol. The maximum Gasteiger partial charge on any atom is 0.425 e. The lowest BCUT2D eigenvalue weighted by Crippen LogP contribution is -2.46. The molecule has 1 N–H and O–H groups in total. The van der Waals surface area contributed by atoms with Gasteiger partial charge in [-0.2, -0.15) is 13.2 Å². The zero-order valence-electron chi connectivity index (χ0n) is 17.7. The third-order valence-electron chi connectivity index (χ3n) is 6.26. The molecule has 1 aliphatic carbocycles. The number of benzene rings is 1. The fourth-order valence-corrected chi connectivity index (χ4v) is 4.17. The van der Waals surface area contributed by atoms with Crippen molar-refractivity contribution in [2.75, 3.05) is 18.1 Å². The second-order valence-corrected chi connectivity index (χ2v) is 8.87. The minimum atomic E-state index is -4.43. The van der Waals surface area contributed by atoms with Gasteiger partial charge in [0.25, 0.3) is 0 Å². The second-order valence-electron chi connectivity index (χ2n) is 8.87. The van der Waals surface area contributed by atoms with Gasteiger partial charge in [0.2, 0.25) is 5.91 Å². The van der Waals surface area contributed by atoms with E-state index in [1.807, 2.05) is 13.8 Å². The van der Waals surface area contributed by atoms with Gasteiger partial charge < -0.3 is 19.5 Å². The molecule has 0 aromatic heterocycles. The van der Waals surface area contributed by atoms with Crippen molar-refractivity contribution in [3.63, 3.8) is 0 Å². The summed E-state index contributed by atoms with van der Waals surface area (Å²) in [5.41, 5.74) is -0.727. The Balaban J connectivity index is 1.62. The smallest absolute Gasteiger partial charge is 0.425 e. The molecule has 1 aliphatic heterocycles. The summed E-state index contributed by atoms with van der Waals surface area (Å²) in [7, 11) is 0. The van der Waals surface area contributed by atoms with E-state index >= 15 is 0 Å². The molecule has 1 aromatic rings. The minimum Gasteiger partial charge on any atom is -0.481 e. The summed E-state index contributed by atoms with van der Waals surface area (Å²) in [4.78, 5) is 14.9. The first-order valence-corrected chi connectivity index (χ1v) is 10.4. The summed E-state index contributed by atoms with van der Waals surface area (Å²) in [5.74, 6) is 0.129. The normalized spacial score (nSPS) is 28.4. The highest BCUT2D eigenvalue weighted by Crippen LogP contribution is 2.48. The van der Waals surface area contributed by atoms with E-state index in [9.17, 15) is 23.1 Å². The van der Waals surface area contributed by atoms with E-state index in [0.717, 1.165) is 6.92 Å². The Morgan fingerprint density at radius 1 is 1.07 bits per heavy atom. The number of aliphatic hydroxyl groups is 1. The summed E-state index contributed by atoms with van der Waals surface area (Å²) < 4.78 is 48.5. The molecule has 1 saturated carbocycles. The summed E-state index contributed by atoms with van der Waals surface area (Å²) in [6, 6.07) is 6.15. The third kappa shape index (κ3) is 4.91. The van der Waals surface area contributed by atoms with E-state index in [-0.39, 0.29) is 24.4 Å². The third-order valence-corrected chi connectivity index (χ3v) is 6.26. The highest BCUT2D eigenvalue weighted by Gasteiger charge is 2.51. The van der Waals surface area contributed by atoms with Gasteiger partial charge in [-0.05, 0) is 77.1 Å². The van der Waals surface area contributed by atoms with Crippen LogP contribution in [0.1, 0.15) is 52.9 Å². The molecular formula is C22H30F3NO4. The second kappa shape index (κ2) is 8.38. The van der Waals surface area contributed by atoms with Crippen molar-refractivity contribution < 1.29 is 32.5 Å². The lowest BCUT2D eigenvalue weighted by molar-refractivity contribution is -0.189. The first kappa shape index (κ1) is 22.9. The summed E-state index contributed by atoms with van der Waals surface area (Å²) >= 11 is 0. The van der Waals surface area contributed by atoms with E-state index in [1.165, 1.54) is 12.1 Å². The number of ether oxygens (including phenoxy) is 2. The largest absolute Gasteiger partial charge is 0.481 e. The van der Waals surface area contributed by atoms with E-state index in [4.69, 9.17) is 9.47 Å². The van der Waals surface area contributed by atoms with Gasteiger partial charge in [0.05, 0.1) is 23.7 Å². The first-order valence-electron chi connectivity index (χ1n) is 10.4. The lowest BCUT2D eigenvalue weighted by Gasteiger charge is -2.41. The van der Waals surface area contributed by atoms with E-state index in [2.05, 4.69) is 0 Å². The van der Waals surface area contributed by atoms with E-state index in [0.29, 0.717) is 44.3 Å². The van der Waals surface area contributed by atoms with E-state index < -0.39 is 23.3 Å². The zero-order chi connectivity index (χ0) is 22.2. The van der Waals surface area contributed by atoms with Crippen LogP contribution in [0.2, 0.25) is 0 Å². The number of nitrogens with zero attached hydrogens (tertiary/aromatic N) is 1. The Labute approximate surface area is 175 Å². The van der Waals surface area contributed by atoms with Gasteiger partial charge in [-0.15, -0.1) is 0 Å². The molecule has 3 rings (SSSR count). The van der Waals surface area contributed by atoms with Crippen LogP contribution in [0.15, 0.2) is 24.3 Å². The molecule has 2 fully saturated rings. The van der Waals surface area contributed by atoms with Crippen LogP contribution in [0.3, 0.4) is 0 Å². The molecule has 1 atom stereocenters. The van der Waals surface area contributed by atoms with Gasteiger partial charge in [0.1, 0.15) is 5.75 Å². The fraction of sp³-hybridized carbons (Fsp3) is 0.682. The quantitative estimate of drug-likeness (QED) is 0.725. The number of amides is 1. The Bertz CT molecular complexity index is 740. The molecule has 8 heteroatoms. The summed E-state index contributed by atoms with van der Waals surface area (Å²) in [6.07, 6.45) is -3.35. The molecule has 168 valence electrons. The molecule has 1 aromatic carbocycles. The number of hydrogen-bond donors (Lipinski definition) is 1. The van der Waals surface area contributed by atoms with Gasteiger partial charge in [0, 0.05) is 12.2 Å². The molecular weight excluding hydrogens is 399 g/mol. The Morgan fingerprint density at radius 3 is 2.20 bits per heavy atom. The standard InChI is InChI=1S/C22H30F3NO4/c1-15(2)29-14-21(28)10-8-20(9-11-21)12-13-26(19(20)27)17-4-6-18(7-5-17)30-16(3)22(23,24)25/h4-7,15-16,28H,8-14H2,1-3H3/t16-,20?,21?/m0/s1. The average Bonchev–Trinajstić information content (AvgIpc) is 2.99. The zero-order valence-corrected chi connectivity index (χ0v) is 17.7. The fourth-order valence-electron chi connectivity index (χ4n) is 4.17. The number of alkyl halides is 3. The monoisotopic (exact) mass is 429 g/mol. The summed E-state index contributed by atoms with van der Waals surface area (Å²) in [6.45, 7) is 5.63. The highest BCUT2D eigenvalue weighted by atomic mass is 19.4. The lowest BCUT2D eigenvalue weighted by atomic mass is 9.68. The number of hydrogen-bond acceptors (Lipinski definition) is 4. The molecule has 0 radical (unpaired) electrons. The van der Waals surface area contributed by atoms with Gasteiger partial charge in [-0.3, -0.25) is 4.79 Å². The SMILES string of the molecule is CC(C)OCC1(O)CCC2(CCN(c3ccc(O[C@@H](C)C(F)(F)F)cc3)C2=O)CC1. The van der Waals surface area contributed by atoms with Crippen molar-refractivity contribution in [3.05, 3.63) is 24.3 Å².